The fraction of sp³-hybridized carbons (Fsp3) is 0.308. The summed E-state index contributed by atoms with van der Waals surface area (Å²) in [6, 6.07) is 8.26. The Labute approximate surface area is 95.5 Å². The van der Waals surface area contributed by atoms with Gasteiger partial charge in [-0.15, -0.1) is 5.92 Å². The second-order valence-corrected chi connectivity index (χ2v) is 3.58. The van der Waals surface area contributed by atoms with Gasteiger partial charge in [0.1, 0.15) is 6.54 Å². The van der Waals surface area contributed by atoms with Gasteiger partial charge in [0.25, 0.3) is 0 Å². The summed E-state index contributed by atoms with van der Waals surface area (Å²) in [5.41, 5.74) is 2.23. The maximum atomic E-state index is 4.57. The minimum absolute atomic E-state index is 0.653. The topological polar surface area (TPSA) is 29.9 Å². The van der Waals surface area contributed by atoms with Gasteiger partial charge >= 0.3 is 0 Å². The van der Waals surface area contributed by atoms with E-state index in [9.17, 15) is 0 Å². The molecule has 0 bridgehead atoms. The van der Waals surface area contributed by atoms with Gasteiger partial charge in [-0.25, -0.2) is 0 Å². The number of aromatic nitrogens is 2. The highest BCUT2D eigenvalue weighted by Crippen LogP contribution is 2.17. The molecule has 0 atom stereocenters. The maximum absolute atomic E-state index is 4.57. The van der Waals surface area contributed by atoms with Crippen molar-refractivity contribution in [3.05, 3.63) is 30.0 Å². The van der Waals surface area contributed by atoms with Gasteiger partial charge < -0.3 is 5.32 Å². The molecule has 82 valence electrons. The van der Waals surface area contributed by atoms with Crippen LogP contribution in [0, 0.1) is 11.8 Å². The van der Waals surface area contributed by atoms with Crippen LogP contribution in [0.1, 0.15) is 12.6 Å². The van der Waals surface area contributed by atoms with Crippen molar-refractivity contribution >= 4 is 10.9 Å². The van der Waals surface area contributed by atoms with E-state index in [0.717, 1.165) is 17.8 Å². The van der Waals surface area contributed by atoms with Gasteiger partial charge in [0.05, 0.1) is 11.2 Å². The Kier molecular flexibility index (Phi) is 3.23. The van der Waals surface area contributed by atoms with Crippen LogP contribution in [0.2, 0.25) is 0 Å². The molecule has 0 saturated carbocycles. The zero-order valence-corrected chi connectivity index (χ0v) is 9.62. The molecule has 16 heavy (non-hydrogen) atoms. The van der Waals surface area contributed by atoms with E-state index in [2.05, 4.69) is 34.4 Å². The molecule has 2 aromatic rings. The highest BCUT2D eigenvalue weighted by molar-refractivity contribution is 5.81. The summed E-state index contributed by atoms with van der Waals surface area (Å²) in [6.07, 6.45) is 0. The molecule has 1 heterocycles. The fourth-order valence-corrected chi connectivity index (χ4v) is 1.77. The Morgan fingerprint density at radius 2 is 2.19 bits per heavy atom. The molecule has 0 radical (unpaired) electrons. The maximum Gasteiger partial charge on any atom is 0.102 e. The molecule has 1 aromatic heterocycles. The summed E-state index contributed by atoms with van der Waals surface area (Å²) < 4.78 is 1.96. The number of benzene rings is 1. The van der Waals surface area contributed by atoms with Crippen LogP contribution in [-0.2, 0) is 13.1 Å². The van der Waals surface area contributed by atoms with Gasteiger partial charge in [-0.1, -0.05) is 24.1 Å². The van der Waals surface area contributed by atoms with Gasteiger partial charge in [0, 0.05) is 11.9 Å². The number of hydrogen-bond donors (Lipinski definition) is 1. The number of nitrogens with one attached hydrogen (secondary N) is 1. The number of rotatable bonds is 3. The van der Waals surface area contributed by atoms with E-state index in [4.69, 9.17) is 0 Å². The predicted octanol–water partition coefficient (Wildman–Crippen LogP) is 1.78. The van der Waals surface area contributed by atoms with E-state index >= 15 is 0 Å². The summed E-state index contributed by atoms with van der Waals surface area (Å²) in [4.78, 5) is 0. The molecule has 0 amide bonds. The van der Waals surface area contributed by atoms with Crippen LogP contribution in [0.4, 0.5) is 0 Å². The Morgan fingerprint density at radius 1 is 1.38 bits per heavy atom. The molecule has 1 aromatic carbocycles. The summed E-state index contributed by atoms with van der Waals surface area (Å²) >= 11 is 0. The molecule has 0 spiro atoms. The lowest BCUT2D eigenvalue weighted by molar-refractivity contribution is 0.696. The highest BCUT2D eigenvalue weighted by atomic mass is 15.3. The molecule has 0 aliphatic rings. The van der Waals surface area contributed by atoms with Crippen molar-refractivity contribution in [2.45, 2.75) is 20.0 Å². The zero-order chi connectivity index (χ0) is 11.4. The zero-order valence-electron chi connectivity index (χ0n) is 9.62. The van der Waals surface area contributed by atoms with Crippen molar-refractivity contribution in [2.24, 2.45) is 0 Å². The molecule has 0 aliphatic heterocycles. The van der Waals surface area contributed by atoms with Crippen LogP contribution in [-0.4, -0.2) is 16.8 Å². The molecular formula is C13H15N3. The third kappa shape index (κ3) is 1.93. The second-order valence-electron chi connectivity index (χ2n) is 3.58. The van der Waals surface area contributed by atoms with E-state index in [1.165, 1.54) is 5.39 Å². The molecule has 0 fully saturated rings. The Balaban J connectivity index is 2.51. The van der Waals surface area contributed by atoms with Crippen molar-refractivity contribution in [1.82, 2.24) is 15.1 Å². The van der Waals surface area contributed by atoms with Crippen LogP contribution < -0.4 is 5.32 Å². The van der Waals surface area contributed by atoms with E-state index in [1.54, 1.807) is 0 Å². The highest BCUT2D eigenvalue weighted by Gasteiger charge is 2.07. The third-order valence-electron chi connectivity index (χ3n) is 2.48. The molecule has 1 N–H and O–H groups in total. The number of fused-ring (bicyclic) bond motifs is 1. The average molecular weight is 213 g/mol. The van der Waals surface area contributed by atoms with Gasteiger partial charge in [0.2, 0.25) is 0 Å². The normalized spacial score (nSPS) is 10.1. The molecule has 0 aliphatic carbocycles. The number of nitrogens with zero attached hydrogens (tertiary/aromatic N) is 2. The first kappa shape index (κ1) is 10.7. The van der Waals surface area contributed by atoms with Crippen molar-refractivity contribution in [3.8, 4) is 11.8 Å². The van der Waals surface area contributed by atoms with Crippen LogP contribution >= 0.6 is 0 Å². The first-order valence-corrected chi connectivity index (χ1v) is 5.35. The first-order valence-electron chi connectivity index (χ1n) is 5.35. The minimum Gasteiger partial charge on any atom is -0.314 e. The summed E-state index contributed by atoms with van der Waals surface area (Å²) in [7, 11) is 1.93. The predicted molar refractivity (Wildman–Crippen MR) is 65.9 cm³/mol. The minimum atomic E-state index is 0.653. The molecule has 0 saturated heterocycles. The summed E-state index contributed by atoms with van der Waals surface area (Å²) in [5, 5.41) is 8.91. The standard InChI is InChI=1S/C13H15N3/c1-3-4-9-16-13-8-6-5-7-11(13)12(15-16)10-14-2/h5-8,14H,9-10H2,1-2H3. The van der Waals surface area contributed by atoms with Gasteiger partial charge in [-0.3, -0.25) is 4.68 Å². The van der Waals surface area contributed by atoms with Crippen LogP contribution in [0.5, 0.6) is 0 Å². The third-order valence-corrected chi connectivity index (χ3v) is 2.48. The van der Waals surface area contributed by atoms with Gasteiger partial charge in [0.15, 0.2) is 0 Å². The van der Waals surface area contributed by atoms with Gasteiger partial charge in [-0.2, -0.15) is 5.10 Å². The Hall–Kier alpha value is -1.79. The van der Waals surface area contributed by atoms with Crippen molar-refractivity contribution in [2.75, 3.05) is 7.05 Å². The Bertz CT molecular complexity index is 543. The monoisotopic (exact) mass is 213 g/mol. The largest absolute Gasteiger partial charge is 0.314 e. The van der Waals surface area contributed by atoms with Crippen LogP contribution in [0.25, 0.3) is 10.9 Å². The van der Waals surface area contributed by atoms with Crippen LogP contribution in [0.15, 0.2) is 24.3 Å². The fourth-order valence-electron chi connectivity index (χ4n) is 1.77. The lowest BCUT2D eigenvalue weighted by atomic mass is 10.2. The second kappa shape index (κ2) is 4.82. The van der Waals surface area contributed by atoms with Crippen LogP contribution in [0.3, 0.4) is 0 Å². The molecule has 3 heteroatoms. The summed E-state index contributed by atoms with van der Waals surface area (Å²) in [5.74, 6) is 5.94. The molecule has 0 unspecified atom stereocenters. The lowest BCUT2D eigenvalue weighted by Crippen LogP contribution is -2.07. The van der Waals surface area contributed by atoms with E-state index in [0.29, 0.717) is 6.54 Å². The molecule has 3 nitrogen and oxygen atoms in total. The number of hydrogen-bond acceptors (Lipinski definition) is 2. The average Bonchev–Trinajstić information content (AvgIpc) is 2.66. The quantitative estimate of drug-likeness (QED) is 0.788. The van der Waals surface area contributed by atoms with Crippen molar-refractivity contribution < 1.29 is 0 Å². The number of para-hydroxylation sites is 1. The van der Waals surface area contributed by atoms with E-state index in [-0.39, 0.29) is 0 Å². The van der Waals surface area contributed by atoms with Crippen molar-refractivity contribution in [3.63, 3.8) is 0 Å². The molecule has 2 rings (SSSR count). The van der Waals surface area contributed by atoms with E-state index in [1.807, 2.05) is 30.8 Å². The lowest BCUT2D eigenvalue weighted by Gasteiger charge is -1.95. The first-order chi connectivity index (χ1) is 7.86. The van der Waals surface area contributed by atoms with Gasteiger partial charge in [-0.05, 0) is 20.0 Å². The SMILES string of the molecule is CC#CCn1nc(CNC)c2ccccc21. The Morgan fingerprint density at radius 3 is 2.94 bits per heavy atom. The van der Waals surface area contributed by atoms with Crippen molar-refractivity contribution in [1.29, 1.82) is 0 Å². The molecular weight excluding hydrogens is 198 g/mol. The smallest absolute Gasteiger partial charge is 0.102 e. The van der Waals surface area contributed by atoms with E-state index < -0.39 is 0 Å². The summed E-state index contributed by atoms with van der Waals surface area (Å²) in [6.45, 7) is 3.29.